The van der Waals surface area contributed by atoms with Crippen LogP contribution in [0.5, 0.6) is 5.75 Å². The van der Waals surface area contributed by atoms with Crippen LogP contribution in [0, 0.1) is 6.92 Å². The number of ether oxygens (including phenoxy) is 2. The van der Waals surface area contributed by atoms with Crippen LogP contribution in [-0.2, 0) is 11.3 Å². The van der Waals surface area contributed by atoms with Gasteiger partial charge in [-0.05, 0) is 54.5 Å². The Morgan fingerprint density at radius 2 is 1.94 bits per heavy atom. The smallest absolute Gasteiger partial charge is 0.410 e. The Balaban J connectivity index is 1.64. The minimum absolute atomic E-state index is 0.255. The van der Waals surface area contributed by atoms with Gasteiger partial charge in [-0.25, -0.2) is 4.79 Å². The first-order valence-corrected chi connectivity index (χ1v) is 10.8. The number of amides is 1. The summed E-state index contributed by atoms with van der Waals surface area (Å²) >= 11 is 0. The number of aromatic nitrogens is 6. The highest BCUT2D eigenvalue weighted by atomic mass is 16.6. The highest BCUT2D eigenvalue weighted by molar-refractivity contribution is 5.74. The molecule has 4 rings (SSSR count). The largest absolute Gasteiger partial charge is 0.413 e. The van der Waals surface area contributed by atoms with E-state index in [1.54, 1.807) is 42.3 Å². The van der Waals surface area contributed by atoms with Gasteiger partial charge in [-0.15, -0.1) is 5.10 Å². The monoisotopic (exact) mass is 459 g/mol. The fraction of sp³-hybridized carbons (Fsp3) is 0.250. The first kappa shape index (κ1) is 23.0. The molecule has 4 aromatic rings. The fourth-order valence-electron chi connectivity index (χ4n) is 3.29. The van der Waals surface area contributed by atoms with Crippen molar-refractivity contribution in [2.45, 2.75) is 33.4 Å². The summed E-state index contributed by atoms with van der Waals surface area (Å²) in [5, 5.41) is 14.7. The maximum absolute atomic E-state index is 12.6. The van der Waals surface area contributed by atoms with Crippen molar-refractivity contribution >= 4 is 6.09 Å². The number of tetrazole rings is 1. The normalized spacial score (nSPS) is 11.7. The molecule has 10 nitrogen and oxygen atoms in total. The molecular formula is C24H25N7O3. The molecule has 1 amide bonds. The van der Waals surface area contributed by atoms with Crippen LogP contribution in [0.2, 0.25) is 0 Å². The topological polar surface area (TPSA) is 117 Å². The molecule has 2 heterocycles. The van der Waals surface area contributed by atoms with E-state index in [4.69, 9.17) is 9.47 Å². The number of carbonyl (C=O) groups excluding carboxylic acids is 1. The maximum Gasteiger partial charge on any atom is 0.413 e. The van der Waals surface area contributed by atoms with Crippen LogP contribution in [0.1, 0.15) is 37.0 Å². The van der Waals surface area contributed by atoms with Gasteiger partial charge in [0.05, 0.1) is 23.6 Å². The first-order valence-electron chi connectivity index (χ1n) is 10.8. The van der Waals surface area contributed by atoms with Gasteiger partial charge in [0.2, 0.25) is 0 Å². The molecule has 0 bridgehead atoms. The molecule has 2 aromatic carbocycles. The van der Waals surface area contributed by atoms with Crippen molar-refractivity contribution < 1.29 is 14.3 Å². The van der Waals surface area contributed by atoms with Gasteiger partial charge in [0.15, 0.2) is 5.82 Å². The van der Waals surface area contributed by atoms with Gasteiger partial charge in [-0.3, -0.25) is 9.97 Å². The van der Waals surface area contributed by atoms with Gasteiger partial charge in [0.1, 0.15) is 12.4 Å². The molecule has 174 valence electrons. The van der Waals surface area contributed by atoms with Crippen LogP contribution in [0.3, 0.4) is 0 Å². The molecule has 34 heavy (non-hydrogen) atoms. The zero-order valence-corrected chi connectivity index (χ0v) is 19.2. The van der Waals surface area contributed by atoms with Crippen molar-refractivity contribution in [2.75, 3.05) is 6.61 Å². The molecule has 0 aliphatic heterocycles. The Morgan fingerprint density at radius 1 is 1.12 bits per heavy atom. The van der Waals surface area contributed by atoms with Crippen LogP contribution in [-0.4, -0.2) is 42.9 Å². The van der Waals surface area contributed by atoms with E-state index in [-0.39, 0.29) is 12.6 Å². The number of nitrogens with one attached hydrogen (secondary N) is 1. The van der Waals surface area contributed by atoms with E-state index in [2.05, 4.69) is 30.8 Å². The number of carbonyl (C=O) groups is 1. The van der Waals surface area contributed by atoms with Crippen molar-refractivity contribution in [3.63, 3.8) is 0 Å². The summed E-state index contributed by atoms with van der Waals surface area (Å²) in [7, 11) is 0. The predicted molar refractivity (Wildman–Crippen MR) is 124 cm³/mol. The number of nitrogens with zero attached hydrogens (tertiary/aromatic N) is 6. The molecule has 1 unspecified atom stereocenters. The number of hydrogen-bond acceptors (Lipinski definition) is 8. The van der Waals surface area contributed by atoms with E-state index in [0.29, 0.717) is 29.6 Å². The Morgan fingerprint density at radius 3 is 2.68 bits per heavy atom. The minimum atomic E-state index is -0.614. The van der Waals surface area contributed by atoms with Gasteiger partial charge in [0, 0.05) is 25.1 Å². The third-order valence-corrected chi connectivity index (χ3v) is 5.06. The fourth-order valence-corrected chi connectivity index (χ4v) is 3.29. The molecule has 0 aliphatic carbocycles. The SMILES string of the molecule is CCOCc1nnnn1-c1cc(OC(=O)NC(C)c2cnccn2)cc(-c2ccc(C)cc2)c1. The standard InChI is InChI=1S/C24H25N7O3/c1-4-33-15-23-28-29-30-31(23)20-11-19(18-7-5-16(2)6-8-18)12-21(13-20)34-24(32)27-17(3)22-14-25-9-10-26-22/h5-14,17H,4,15H2,1-3H3,(H,27,32). The maximum atomic E-state index is 12.6. The molecule has 0 spiro atoms. The third-order valence-electron chi connectivity index (χ3n) is 5.06. The Kier molecular flexibility index (Phi) is 7.19. The Bertz CT molecular complexity index is 1240. The van der Waals surface area contributed by atoms with Crippen LogP contribution in [0.25, 0.3) is 16.8 Å². The Labute approximate surface area is 197 Å². The van der Waals surface area contributed by atoms with Crippen molar-refractivity contribution in [3.8, 4) is 22.6 Å². The van der Waals surface area contributed by atoms with E-state index in [0.717, 1.165) is 16.7 Å². The molecule has 0 fully saturated rings. The lowest BCUT2D eigenvalue weighted by molar-refractivity contribution is 0.126. The highest BCUT2D eigenvalue weighted by Crippen LogP contribution is 2.29. The van der Waals surface area contributed by atoms with Crippen LogP contribution in [0.4, 0.5) is 4.79 Å². The first-order chi connectivity index (χ1) is 16.5. The lowest BCUT2D eigenvalue weighted by Crippen LogP contribution is -2.30. The van der Waals surface area contributed by atoms with Crippen molar-refractivity contribution in [3.05, 3.63) is 78.1 Å². The molecule has 1 N–H and O–H groups in total. The third kappa shape index (κ3) is 5.59. The number of rotatable bonds is 8. The molecule has 0 aliphatic rings. The molecular weight excluding hydrogens is 434 g/mol. The molecule has 0 radical (unpaired) electrons. The van der Waals surface area contributed by atoms with E-state index in [1.165, 1.54) is 0 Å². The predicted octanol–water partition coefficient (Wildman–Crippen LogP) is 3.81. The van der Waals surface area contributed by atoms with E-state index < -0.39 is 6.09 Å². The van der Waals surface area contributed by atoms with Gasteiger partial charge in [0.25, 0.3) is 0 Å². The Hall–Kier alpha value is -4.18. The zero-order chi connectivity index (χ0) is 23.9. The summed E-state index contributed by atoms with van der Waals surface area (Å²) in [5.74, 6) is 0.879. The molecule has 2 aromatic heterocycles. The summed E-state index contributed by atoms with van der Waals surface area (Å²) in [5.41, 5.74) is 4.23. The average molecular weight is 460 g/mol. The molecule has 0 saturated carbocycles. The quantitative estimate of drug-likeness (QED) is 0.423. The second-order valence-electron chi connectivity index (χ2n) is 7.61. The number of hydrogen-bond donors (Lipinski definition) is 1. The second-order valence-corrected chi connectivity index (χ2v) is 7.61. The minimum Gasteiger partial charge on any atom is -0.410 e. The van der Waals surface area contributed by atoms with E-state index in [9.17, 15) is 4.79 Å². The summed E-state index contributed by atoms with van der Waals surface area (Å²) < 4.78 is 12.7. The number of benzene rings is 2. The lowest BCUT2D eigenvalue weighted by Gasteiger charge is -2.15. The van der Waals surface area contributed by atoms with Gasteiger partial charge in [-0.2, -0.15) is 4.68 Å². The van der Waals surface area contributed by atoms with Crippen molar-refractivity contribution in [2.24, 2.45) is 0 Å². The summed E-state index contributed by atoms with van der Waals surface area (Å²) in [6.07, 6.45) is 4.13. The van der Waals surface area contributed by atoms with Gasteiger partial charge in [-0.1, -0.05) is 29.8 Å². The van der Waals surface area contributed by atoms with E-state index >= 15 is 0 Å². The van der Waals surface area contributed by atoms with Crippen molar-refractivity contribution in [1.29, 1.82) is 0 Å². The van der Waals surface area contributed by atoms with Crippen molar-refractivity contribution in [1.82, 2.24) is 35.5 Å². The lowest BCUT2D eigenvalue weighted by atomic mass is 10.0. The molecule has 0 saturated heterocycles. The van der Waals surface area contributed by atoms with E-state index in [1.807, 2.05) is 44.2 Å². The second kappa shape index (κ2) is 10.6. The molecule has 10 heteroatoms. The van der Waals surface area contributed by atoms with Crippen LogP contribution < -0.4 is 10.1 Å². The van der Waals surface area contributed by atoms with Gasteiger partial charge >= 0.3 is 6.09 Å². The number of aryl methyl sites for hydroxylation is 1. The summed E-state index contributed by atoms with van der Waals surface area (Å²) in [4.78, 5) is 20.9. The zero-order valence-electron chi connectivity index (χ0n) is 19.2. The average Bonchev–Trinajstić information content (AvgIpc) is 3.32. The molecule has 1 atom stereocenters. The highest BCUT2D eigenvalue weighted by Gasteiger charge is 2.16. The van der Waals surface area contributed by atoms with Gasteiger partial charge < -0.3 is 14.8 Å². The van der Waals surface area contributed by atoms with Crippen LogP contribution in [0.15, 0.2) is 61.1 Å². The summed E-state index contributed by atoms with van der Waals surface area (Å²) in [6, 6.07) is 13.1. The summed E-state index contributed by atoms with van der Waals surface area (Å²) in [6.45, 7) is 6.52. The van der Waals surface area contributed by atoms with Crippen LogP contribution >= 0.6 is 0 Å².